The van der Waals surface area contributed by atoms with Crippen LogP contribution in [0.5, 0.6) is 0 Å². The van der Waals surface area contributed by atoms with Crippen LogP contribution in [0, 0.1) is 16.1 Å². The van der Waals surface area contributed by atoms with Gasteiger partial charge in [0.2, 0.25) is 0 Å². The van der Waals surface area contributed by atoms with Gasteiger partial charge in [0.1, 0.15) is 0 Å². The molecule has 0 aliphatic carbocycles. The highest BCUT2D eigenvalue weighted by Crippen LogP contribution is 2.16. The summed E-state index contributed by atoms with van der Waals surface area (Å²) in [6, 6.07) is 12.2. The summed E-state index contributed by atoms with van der Waals surface area (Å²) in [6.45, 7) is 4.27. The minimum atomic E-state index is 0.513. The van der Waals surface area contributed by atoms with E-state index >= 15 is 0 Å². The summed E-state index contributed by atoms with van der Waals surface area (Å²) in [6.07, 6.45) is 0.513. The molecule has 21 heavy (non-hydrogen) atoms. The summed E-state index contributed by atoms with van der Waals surface area (Å²) >= 11 is 5.46. The van der Waals surface area contributed by atoms with Gasteiger partial charge in [0, 0.05) is 25.6 Å². The van der Waals surface area contributed by atoms with E-state index < -0.39 is 0 Å². The van der Waals surface area contributed by atoms with Crippen LogP contribution in [-0.4, -0.2) is 32.3 Å². The number of nitrogens with zero attached hydrogens (tertiary/aromatic N) is 5. The molecule has 2 rings (SSSR count). The van der Waals surface area contributed by atoms with E-state index in [9.17, 15) is 0 Å². The summed E-state index contributed by atoms with van der Waals surface area (Å²) in [7, 11) is 1.93. The van der Waals surface area contributed by atoms with E-state index in [2.05, 4.69) is 23.0 Å². The molecule has 1 aromatic carbocycles. The fraction of sp³-hybridized carbons (Fsp3) is 0.400. The number of hydrogen-bond acceptors (Lipinski definition) is 4. The maximum atomic E-state index is 8.70. The van der Waals surface area contributed by atoms with E-state index in [1.807, 2.05) is 46.6 Å². The molecule has 0 N–H and O–H groups in total. The van der Waals surface area contributed by atoms with Crippen molar-refractivity contribution < 1.29 is 0 Å². The molecule has 0 aliphatic rings. The Balaban J connectivity index is 2.26. The summed E-state index contributed by atoms with van der Waals surface area (Å²) in [5, 5.41) is 13.3. The van der Waals surface area contributed by atoms with Crippen molar-refractivity contribution in [1.29, 1.82) is 5.26 Å². The Hall–Kier alpha value is -1.97. The van der Waals surface area contributed by atoms with E-state index in [0.29, 0.717) is 17.9 Å². The van der Waals surface area contributed by atoms with Crippen LogP contribution in [0.25, 0.3) is 11.4 Å². The Labute approximate surface area is 130 Å². The molecule has 0 spiro atoms. The fourth-order valence-corrected chi connectivity index (χ4v) is 2.33. The summed E-state index contributed by atoms with van der Waals surface area (Å²) in [4.78, 5) is 2.15. The second-order valence-corrected chi connectivity index (χ2v) is 5.16. The Morgan fingerprint density at radius 2 is 2.05 bits per heavy atom. The zero-order valence-corrected chi connectivity index (χ0v) is 13.2. The Bertz CT molecular complexity index is 680. The first-order chi connectivity index (χ1) is 10.2. The highest BCUT2D eigenvalue weighted by molar-refractivity contribution is 7.71. The third-order valence-corrected chi connectivity index (χ3v) is 3.88. The predicted molar refractivity (Wildman–Crippen MR) is 84.9 cm³/mol. The molecular weight excluding hydrogens is 282 g/mol. The van der Waals surface area contributed by atoms with Crippen LogP contribution in [0.2, 0.25) is 0 Å². The van der Waals surface area contributed by atoms with E-state index in [1.165, 1.54) is 0 Å². The number of aromatic nitrogens is 3. The lowest BCUT2D eigenvalue weighted by Gasteiger charge is -2.18. The molecule has 110 valence electrons. The molecule has 6 heteroatoms. The molecule has 0 aliphatic heterocycles. The molecule has 0 amide bonds. The molecule has 0 unspecified atom stereocenters. The van der Waals surface area contributed by atoms with Crippen LogP contribution in [0.1, 0.15) is 13.3 Å². The van der Waals surface area contributed by atoms with Crippen LogP contribution in [0.4, 0.5) is 0 Å². The predicted octanol–water partition coefficient (Wildman–Crippen LogP) is 2.81. The normalized spacial score (nSPS) is 10.8. The molecule has 0 saturated heterocycles. The molecule has 5 nitrogen and oxygen atoms in total. The molecule has 0 radical (unpaired) electrons. The van der Waals surface area contributed by atoms with Crippen molar-refractivity contribution in [3.63, 3.8) is 0 Å². The molecule has 1 aromatic heterocycles. The van der Waals surface area contributed by atoms with E-state index in [-0.39, 0.29) is 0 Å². The molecule has 2 aromatic rings. The fourth-order valence-electron chi connectivity index (χ4n) is 2.15. The molecule has 0 atom stereocenters. The summed E-state index contributed by atoms with van der Waals surface area (Å²) in [5.41, 5.74) is 1.05. The van der Waals surface area contributed by atoms with Gasteiger partial charge in [-0.05, 0) is 18.8 Å². The van der Waals surface area contributed by atoms with Crippen molar-refractivity contribution in [2.45, 2.75) is 20.0 Å². The molecule has 1 heterocycles. The first-order valence-electron chi connectivity index (χ1n) is 6.96. The van der Waals surface area contributed by atoms with E-state index in [4.69, 9.17) is 17.5 Å². The largest absolute Gasteiger partial charge is 0.303 e. The van der Waals surface area contributed by atoms with Gasteiger partial charge >= 0.3 is 0 Å². The zero-order valence-electron chi connectivity index (χ0n) is 12.4. The van der Waals surface area contributed by atoms with Crippen LogP contribution in [-0.2, 0) is 13.7 Å². The number of rotatable bonds is 6. The van der Waals surface area contributed by atoms with Crippen molar-refractivity contribution >= 4 is 12.2 Å². The van der Waals surface area contributed by atoms with Gasteiger partial charge in [0.25, 0.3) is 0 Å². The van der Waals surface area contributed by atoms with Crippen molar-refractivity contribution in [2.24, 2.45) is 7.05 Å². The van der Waals surface area contributed by atoms with Crippen molar-refractivity contribution in [2.75, 3.05) is 13.1 Å². The van der Waals surface area contributed by atoms with Crippen LogP contribution in [0.15, 0.2) is 30.3 Å². The maximum Gasteiger partial charge on any atom is 0.199 e. The average molecular weight is 301 g/mol. The van der Waals surface area contributed by atoms with Gasteiger partial charge in [-0.2, -0.15) is 10.4 Å². The molecule has 0 saturated carbocycles. The summed E-state index contributed by atoms with van der Waals surface area (Å²) < 4.78 is 4.42. The SMILES string of the molecule is CCN(CCC#N)Cn1nc(-c2ccccc2)n(C)c1=S. The third-order valence-electron chi connectivity index (χ3n) is 3.39. The minimum absolute atomic E-state index is 0.513. The molecule has 0 fully saturated rings. The third kappa shape index (κ3) is 3.57. The number of hydrogen-bond donors (Lipinski definition) is 0. The van der Waals surface area contributed by atoms with Gasteiger partial charge in [0.05, 0.1) is 12.7 Å². The van der Waals surface area contributed by atoms with Crippen molar-refractivity contribution in [3.05, 3.63) is 35.1 Å². The van der Waals surface area contributed by atoms with Crippen molar-refractivity contribution in [3.8, 4) is 17.5 Å². The van der Waals surface area contributed by atoms with E-state index in [0.717, 1.165) is 24.5 Å². The van der Waals surface area contributed by atoms with Gasteiger partial charge in [-0.1, -0.05) is 37.3 Å². The van der Waals surface area contributed by atoms with Gasteiger partial charge in [-0.25, -0.2) is 4.68 Å². The second-order valence-electron chi connectivity index (χ2n) is 4.79. The van der Waals surface area contributed by atoms with Gasteiger partial charge in [-0.15, -0.1) is 0 Å². The Morgan fingerprint density at radius 3 is 2.67 bits per heavy atom. The standard InChI is InChI=1S/C15H19N5S/c1-3-19(11-7-10-16)12-20-15(21)18(2)14(17-20)13-8-5-4-6-9-13/h4-6,8-9H,3,7,11-12H2,1-2H3. The lowest BCUT2D eigenvalue weighted by Crippen LogP contribution is -2.28. The molecular formula is C15H19N5S. The number of benzene rings is 1. The first kappa shape index (κ1) is 15.4. The highest BCUT2D eigenvalue weighted by atomic mass is 32.1. The minimum Gasteiger partial charge on any atom is -0.303 e. The van der Waals surface area contributed by atoms with E-state index in [1.54, 1.807) is 0 Å². The number of nitriles is 1. The average Bonchev–Trinajstić information content (AvgIpc) is 2.80. The van der Waals surface area contributed by atoms with Gasteiger partial charge < -0.3 is 4.57 Å². The smallest absolute Gasteiger partial charge is 0.199 e. The first-order valence-corrected chi connectivity index (χ1v) is 7.36. The topological polar surface area (TPSA) is 49.8 Å². The van der Waals surface area contributed by atoms with Crippen molar-refractivity contribution in [1.82, 2.24) is 19.2 Å². The summed E-state index contributed by atoms with van der Waals surface area (Å²) in [5.74, 6) is 0.858. The lowest BCUT2D eigenvalue weighted by atomic mass is 10.2. The van der Waals surface area contributed by atoms with Gasteiger partial charge in [-0.3, -0.25) is 4.90 Å². The second kappa shape index (κ2) is 7.16. The maximum absolute atomic E-state index is 8.70. The zero-order chi connectivity index (χ0) is 15.2. The van der Waals surface area contributed by atoms with Crippen LogP contribution in [0.3, 0.4) is 0 Å². The van der Waals surface area contributed by atoms with Crippen LogP contribution >= 0.6 is 12.2 Å². The Morgan fingerprint density at radius 1 is 1.33 bits per heavy atom. The monoisotopic (exact) mass is 301 g/mol. The molecule has 0 bridgehead atoms. The van der Waals surface area contributed by atoms with Crippen LogP contribution < -0.4 is 0 Å². The van der Waals surface area contributed by atoms with Gasteiger partial charge in [0.15, 0.2) is 10.6 Å². The lowest BCUT2D eigenvalue weighted by molar-refractivity contribution is 0.220. The highest BCUT2D eigenvalue weighted by Gasteiger charge is 2.11. The quantitative estimate of drug-likeness (QED) is 0.770. The Kier molecular flexibility index (Phi) is 5.26.